The summed E-state index contributed by atoms with van der Waals surface area (Å²) in [4.78, 5) is 11.9. The van der Waals surface area contributed by atoms with Crippen molar-refractivity contribution in [1.82, 2.24) is 15.5 Å². The topological polar surface area (TPSA) is 73.3 Å². The van der Waals surface area contributed by atoms with Gasteiger partial charge in [0.2, 0.25) is 5.88 Å². The molecule has 3 aromatic rings. The molecule has 0 saturated heterocycles. The summed E-state index contributed by atoms with van der Waals surface area (Å²) in [5.74, 6) is 0.909. The summed E-state index contributed by atoms with van der Waals surface area (Å²) in [6.07, 6.45) is 0. The fourth-order valence-corrected chi connectivity index (χ4v) is 2.72. The maximum atomic E-state index is 11.9. The maximum Gasteiger partial charge on any atom is 0.258 e. The van der Waals surface area contributed by atoms with Crippen LogP contribution in [0.3, 0.4) is 0 Å². The van der Waals surface area contributed by atoms with Crippen LogP contribution in [0.15, 0.2) is 60.7 Å². The van der Waals surface area contributed by atoms with Gasteiger partial charge in [-0.3, -0.25) is 4.79 Å². The van der Waals surface area contributed by atoms with Crippen LogP contribution in [0.4, 0.5) is 0 Å². The molecule has 0 unspecified atom stereocenters. The minimum absolute atomic E-state index is 0.0333. The Hall–Kier alpha value is -3.41. The summed E-state index contributed by atoms with van der Waals surface area (Å²) in [7, 11) is 0. The molecule has 144 valence electrons. The number of aryl methyl sites for hydroxylation is 2. The smallest absolute Gasteiger partial charge is 0.258 e. The van der Waals surface area contributed by atoms with E-state index in [9.17, 15) is 4.79 Å². The molecule has 1 aromatic heterocycles. The molecule has 0 radical (unpaired) electrons. The van der Waals surface area contributed by atoms with Crippen molar-refractivity contribution >= 4 is 5.91 Å². The number of carbonyl (C=O) groups excluding carboxylic acids is 1. The van der Waals surface area contributed by atoms with Crippen LogP contribution in [0.5, 0.6) is 11.6 Å². The van der Waals surface area contributed by atoms with Crippen LogP contribution in [-0.2, 0) is 4.79 Å². The van der Waals surface area contributed by atoms with Crippen molar-refractivity contribution in [1.29, 1.82) is 0 Å². The van der Waals surface area contributed by atoms with Crippen molar-refractivity contribution in [3.05, 3.63) is 71.8 Å². The highest BCUT2D eigenvalue weighted by molar-refractivity contribution is 5.77. The summed E-state index contributed by atoms with van der Waals surface area (Å²) in [5.41, 5.74) is 3.98. The molecule has 1 N–H and O–H groups in total. The average molecular weight is 377 g/mol. The highest BCUT2D eigenvalue weighted by Crippen LogP contribution is 2.17. The summed E-state index contributed by atoms with van der Waals surface area (Å²) in [6.45, 7) is 4.61. The van der Waals surface area contributed by atoms with Gasteiger partial charge in [-0.2, -0.15) is 0 Å². The molecule has 0 aliphatic carbocycles. The second-order valence-electron chi connectivity index (χ2n) is 6.43. The Labute approximate surface area is 164 Å². The summed E-state index contributed by atoms with van der Waals surface area (Å²) < 4.78 is 11.0. The largest absolute Gasteiger partial charge is 0.484 e. The zero-order valence-corrected chi connectivity index (χ0v) is 16.0. The van der Waals surface area contributed by atoms with Crippen LogP contribution >= 0.6 is 0 Å². The maximum absolute atomic E-state index is 11.9. The summed E-state index contributed by atoms with van der Waals surface area (Å²) >= 11 is 0. The second kappa shape index (κ2) is 9.50. The van der Waals surface area contributed by atoms with E-state index >= 15 is 0 Å². The van der Waals surface area contributed by atoms with Gasteiger partial charge < -0.3 is 14.8 Å². The van der Waals surface area contributed by atoms with E-state index < -0.39 is 0 Å². The van der Waals surface area contributed by atoms with E-state index in [-0.39, 0.29) is 12.5 Å². The Kier molecular flexibility index (Phi) is 6.57. The zero-order chi connectivity index (χ0) is 19.8. The molecule has 0 fully saturated rings. The monoisotopic (exact) mass is 377 g/mol. The number of carbonyl (C=O) groups is 1. The third kappa shape index (κ3) is 5.81. The van der Waals surface area contributed by atoms with Gasteiger partial charge in [-0.1, -0.05) is 36.4 Å². The van der Waals surface area contributed by atoms with Gasteiger partial charge >= 0.3 is 0 Å². The fraction of sp³-hybridized carbons (Fsp3) is 0.227. The summed E-state index contributed by atoms with van der Waals surface area (Å²) in [6, 6.07) is 19.3. The van der Waals surface area contributed by atoms with E-state index in [2.05, 4.69) is 21.6 Å². The Morgan fingerprint density at radius 3 is 2.36 bits per heavy atom. The van der Waals surface area contributed by atoms with Crippen molar-refractivity contribution in [2.45, 2.75) is 13.8 Å². The quantitative estimate of drug-likeness (QED) is 0.610. The van der Waals surface area contributed by atoms with Crippen LogP contribution in [0.1, 0.15) is 11.1 Å². The van der Waals surface area contributed by atoms with Crippen molar-refractivity contribution in [3.8, 4) is 22.9 Å². The zero-order valence-electron chi connectivity index (χ0n) is 16.0. The second-order valence-corrected chi connectivity index (χ2v) is 6.43. The number of aromatic nitrogens is 2. The van der Waals surface area contributed by atoms with E-state index in [1.807, 2.05) is 62.4 Å². The number of hydrogen-bond donors (Lipinski definition) is 1. The molecule has 1 amide bonds. The number of amides is 1. The minimum atomic E-state index is -0.201. The number of nitrogens with one attached hydrogen (secondary N) is 1. The van der Waals surface area contributed by atoms with E-state index in [4.69, 9.17) is 9.47 Å². The number of benzene rings is 2. The molecule has 0 aliphatic heterocycles. The molecule has 0 aliphatic rings. The Balaban J connectivity index is 1.37. The molecule has 3 rings (SSSR count). The molecule has 0 spiro atoms. The highest BCUT2D eigenvalue weighted by atomic mass is 16.5. The van der Waals surface area contributed by atoms with Gasteiger partial charge in [-0.05, 0) is 43.2 Å². The third-order valence-corrected chi connectivity index (χ3v) is 3.95. The average Bonchev–Trinajstić information content (AvgIpc) is 2.70. The van der Waals surface area contributed by atoms with Gasteiger partial charge in [-0.15, -0.1) is 10.2 Å². The third-order valence-electron chi connectivity index (χ3n) is 3.95. The van der Waals surface area contributed by atoms with Gasteiger partial charge in [0.15, 0.2) is 6.61 Å². The molecule has 2 aromatic carbocycles. The lowest BCUT2D eigenvalue weighted by molar-refractivity contribution is -0.123. The Bertz CT molecular complexity index is 892. The minimum Gasteiger partial charge on any atom is -0.484 e. The van der Waals surface area contributed by atoms with Crippen LogP contribution in [-0.4, -0.2) is 35.9 Å². The number of nitrogens with zero attached hydrogens (tertiary/aromatic N) is 2. The molecule has 0 atom stereocenters. The van der Waals surface area contributed by atoms with Crippen LogP contribution < -0.4 is 14.8 Å². The first-order valence-electron chi connectivity index (χ1n) is 9.10. The number of ether oxygens (including phenoxy) is 2. The first-order chi connectivity index (χ1) is 13.6. The van der Waals surface area contributed by atoms with Crippen molar-refractivity contribution < 1.29 is 14.3 Å². The van der Waals surface area contributed by atoms with Crippen LogP contribution in [0.2, 0.25) is 0 Å². The van der Waals surface area contributed by atoms with E-state index in [0.717, 1.165) is 22.4 Å². The Morgan fingerprint density at radius 2 is 1.68 bits per heavy atom. The van der Waals surface area contributed by atoms with Gasteiger partial charge in [0.25, 0.3) is 5.91 Å². The lowest BCUT2D eigenvalue weighted by Gasteiger charge is -2.09. The summed E-state index contributed by atoms with van der Waals surface area (Å²) in [5, 5.41) is 11.0. The van der Waals surface area contributed by atoms with Gasteiger partial charge in [-0.25, -0.2) is 0 Å². The molecular weight excluding hydrogens is 354 g/mol. The van der Waals surface area contributed by atoms with E-state index in [1.54, 1.807) is 6.07 Å². The predicted molar refractivity (Wildman–Crippen MR) is 107 cm³/mol. The van der Waals surface area contributed by atoms with Crippen molar-refractivity contribution in [2.75, 3.05) is 19.8 Å². The molecule has 1 heterocycles. The van der Waals surface area contributed by atoms with Crippen molar-refractivity contribution in [3.63, 3.8) is 0 Å². The normalized spacial score (nSPS) is 10.4. The molecule has 0 bridgehead atoms. The van der Waals surface area contributed by atoms with E-state index in [0.29, 0.717) is 24.8 Å². The standard InChI is InChI=1S/C22H23N3O3/c1-16-12-17(2)14-19(13-16)28-15-21(26)23-10-11-27-22-9-8-20(24-25-22)18-6-4-3-5-7-18/h3-9,12-14H,10-11,15H2,1-2H3,(H,23,26). The molecule has 0 saturated carbocycles. The highest BCUT2D eigenvalue weighted by Gasteiger charge is 2.05. The SMILES string of the molecule is Cc1cc(C)cc(OCC(=O)NCCOc2ccc(-c3ccccc3)nn2)c1. The van der Waals surface area contributed by atoms with Crippen LogP contribution in [0.25, 0.3) is 11.3 Å². The van der Waals surface area contributed by atoms with Crippen molar-refractivity contribution in [2.24, 2.45) is 0 Å². The fourth-order valence-electron chi connectivity index (χ4n) is 2.72. The predicted octanol–water partition coefficient (Wildman–Crippen LogP) is 3.33. The van der Waals surface area contributed by atoms with Gasteiger partial charge in [0.05, 0.1) is 12.2 Å². The van der Waals surface area contributed by atoms with Crippen LogP contribution in [0, 0.1) is 13.8 Å². The first kappa shape index (κ1) is 19.4. The first-order valence-corrected chi connectivity index (χ1v) is 9.10. The van der Waals surface area contributed by atoms with Gasteiger partial charge in [0, 0.05) is 11.6 Å². The molecule has 6 heteroatoms. The molecule has 28 heavy (non-hydrogen) atoms. The Morgan fingerprint density at radius 1 is 0.929 bits per heavy atom. The number of rotatable bonds is 8. The lowest BCUT2D eigenvalue weighted by Crippen LogP contribution is -2.32. The van der Waals surface area contributed by atoms with E-state index in [1.165, 1.54) is 0 Å². The number of hydrogen-bond acceptors (Lipinski definition) is 5. The lowest BCUT2D eigenvalue weighted by atomic mass is 10.1. The molecule has 6 nitrogen and oxygen atoms in total. The molecular formula is C22H23N3O3. The van der Waals surface area contributed by atoms with Gasteiger partial charge in [0.1, 0.15) is 12.4 Å².